The Kier molecular flexibility index (Phi) is 5.87. The van der Waals surface area contributed by atoms with Gasteiger partial charge in [0.2, 0.25) is 0 Å². The van der Waals surface area contributed by atoms with Crippen LogP contribution in [0.1, 0.15) is 31.7 Å². The predicted octanol–water partition coefficient (Wildman–Crippen LogP) is 3.34. The van der Waals surface area contributed by atoms with Gasteiger partial charge < -0.3 is 15.4 Å². The lowest BCUT2D eigenvalue weighted by Crippen LogP contribution is -2.34. The first-order valence-corrected chi connectivity index (χ1v) is 8.22. The molecular formula is C16H25BrN2O. The van der Waals surface area contributed by atoms with Crippen LogP contribution in [0.3, 0.4) is 0 Å². The van der Waals surface area contributed by atoms with Crippen molar-refractivity contribution in [1.82, 2.24) is 0 Å². The molecule has 0 aromatic heterocycles. The average molecular weight is 341 g/mol. The van der Waals surface area contributed by atoms with Gasteiger partial charge in [-0.3, -0.25) is 0 Å². The number of anilines is 1. The third kappa shape index (κ3) is 4.47. The molecule has 2 unspecified atom stereocenters. The number of ether oxygens (including phenoxy) is 1. The summed E-state index contributed by atoms with van der Waals surface area (Å²) in [7, 11) is 2.14. The topological polar surface area (TPSA) is 38.5 Å². The number of nitrogens with two attached hydrogens (primary N) is 1. The first-order valence-electron chi connectivity index (χ1n) is 7.43. The molecule has 0 aliphatic carbocycles. The predicted molar refractivity (Wildman–Crippen MR) is 88.4 cm³/mol. The van der Waals surface area contributed by atoms with Crippen LogP contribution in [0.5, 0.6) is 0 Å². The van der Waals surface area contributed by atoms with Crippen molar-refractivity contribution in [2.24, 2.45) is 5.73 Å². The lowest BCUT2D eigenvalue weighted by Gasteiger charge is -2.30. The van der Waals surface area contributed by atoms with Crippen molar-refractivity contribution < 1.29 is 4.74 Å². The summed E-state index contributed by atoms with van der Waals surface area (Å²) in [5.74, 6) is 0. The molecule has 1 aromatic carbocycles. The van der Waals surface area contributed by atoms with E-state index >= 15 is 0 Å². The number of nitrogens with zero attached hydrogens (tertiary/aromatic N) is 1. The zero-order valence-electron chi connectivity index (χ0n) is 12.4. The standard InChI is InChI=1S/C16H25BrN2O/c1-12(18)9-13-10-14(17)6-7-16(13)19(2)11-15-5-3-4-8-20-15/h6-7,10,12,15H,3-5,8-9,11,18H2,1-2H3. The van der Waals surface area contributed by atoms with E-state index in [9.17, 15) is 0 Å². The van der Waals surface area contributed by atoms with Gasteiger partial charge in [-0.15, -0.1) is 0 Å². The molecule has 1 heterocycles. The molecule has 2 N–H and O–H groups in total. The number of benzene rings is 1. The Morgan fingerprint density at radius 3 is 2.90 bits per heavy atom. The van der Waals surface area contributed by atoms with Crippen LogP contribution in [0.15, 0.2) is 22.7 Å². The van der Waals surface area contributed by atoms with Crippen LogP contribution >= 0.6 is 15.9 Å². The molecular weight excluding hydrogens is 316 g/mol. The van der Waals surface area contributed by atoms with Crippen molar-refractivity contribution in [3.05, 3.63) is 28.2 Å². The van der Waals surface area contributed by atoms with Crippen molar-refractivity contribution in [3.63, 3.8) is 0 Å². The molecule has 1 saturated heterocycles. The number of halogens is 1. The number of hydrogen-bond acceptors (Lipinski definition) is 3. The van der Waals surface area contributed by atoms with Gasteiger partial charge in [0, 0.05) is 36.4 Å². The van der Waals surface area contributed by atoms with Gasteiger partial charge in [-0.05, 0) is 56.4 Å². The van der Waals surface area contributed by atoms with Gasteiger partial charge in [0.15, 0.2) is 0 Å². The van der Waals surface area contributed by atoms with E-state index in [1.807, 2.05) is 0 Å². The molecule has 1 aromatic rings. The largest absolute Gasteiger partial charge is 0.376 e. The van der Waals surface area contributed by atoms with Crippen LogP contribution < -0.4 is 10.6 Å². The minimum absolute atomic E-state index is 0.169. The summed E-state index contributed by atoms with van der Waals surface area (Å²) in [6, 6.07) is 6.61. The van der Waals surface area contributed by atoms with E-state index in [2.05, 4.69) is 53.0 Å². The Balaban J connectivity index is 2.09. The Hall–Kier alpha value is -0.580. The van der Waals surface area contributed by atoms with Crippen molar-refractivity contribution in [2.75, 3.05) is 25.1 Å². The fourth-order valence-electron chi connectivity index (χ4n) is 2.79. The van der Waals surface area contributed by atoms with E-state index in [-0.39, 0.29) is 6.04 Å². The van der Waals surface area contributed by atoms with E-state index in [4.69, 9.17) is 10.5 Å². The highest BCUT2D eigenvalue weighted by molar-refractivity contribution is 9.10. The molecule has 0 spiro atoms. The first kappa shape index (κ1) is 15.8. The molecule has 1 aliphatic rings. The maximum atomic E-state index is 5.97. The number of hydrogen-bond donors (Lipinski definition) is 1. The maximum absolute atomic E-state index is 5.97. The lowest BCUT2D eigenvalue weighted by atomic mass is 10.0. The normalized spacial score (nSPS) is 20.7. The summed E-state index contributed by atoms with van der Waals surface area (Å²) >= 11 is 3.55. The van der Waals surface area contributed by atoms with Crippen LogP contribution in [-0.2, 0) is 11.2 Å². The second-order valence-corrected chi connectivity index (χ2v) is 6.74. The molecule has 1 aliphatic heterocycles. The molecule has 20 heavy (non-hydrogen) atoms. The zero-order valence-corrected chi connectivity index (χ0v) is 14.0. The van der Waals surface area contributed by atoms with Gasteiger partial charge >= 0.3 is 0 Å². The number of rotatable bonds is 5. The van der Waals surface area contributed by atoms with Crippen LogP contribution in [0.25, 0.3) is 0 Å². The van der Waals surface area contributed by atoms with Crippen LogP contribution in [0, 0.1) is 0 Å². The highest BCUT2D eigenvalue weighted by atomic mass is 79.9. The van der Waals surface area contributed by atoms with Crippen molar-refractivity contribution >= 4 is 21.6 Å². The van der Waals surface area contributed by atoms with E-state index in [0.29, 0.717) is 6.10 Å². The van der Waals surface area contributed by atoms with Gasteiger partial charge in [0.1, 0.15) is 0 Å². The highest BCUT2D eigenvalue weighted by Gasteiger charge is 2.18. The number of likely N-dealkylation sites (N-methyl/N-ethyl adjacent to an activating group) is 1. The summed E-state index contributed by atoms with van der Waals surface area (Å²) in [5, 5.41) is 0. The second-order valence-electron chi connectivity index (χ2n) is 5.82. The van der Waals surface area contributed by atoms with Gasteiger partial charge in [-0.25, -0.2) is 0 Å². The Labute approximate surface area is 130 Å². The van der Waals surface area contributed by atoms with Crippen molar-refractivity contribution in [2.45, 2.75) is 44.8 Å². The third-order valence-corrected chi connectivity index (χ3v) is 4.24. The van der Waals surface area contributed by atoms with Gasteiger partial charge in [-0.1, -0.05) is 15.9 Å². The molecule has 2 rings (SSSR count). The first-order chi connectivity index (χ1) is 9.56. The smallest absolute Gasteiger partial charge is 0.0749 e. The van der Waals surface area contributed by atoms with E-state index in [0.717, 1.165) is 24.0 Å². The Morgan fingerprint density at radius 2 is 2.25 bits per heavy atom. The van der Waals surface area contributed by atoms with Crippen molar-refractivity contribution in [3.8, 4) is 0 Å². The average Bonchev–Trinajstić information content (AvgIpc) is 2.39. The molecule has 112 valence electrons. The molecule has 0 saturated carbocycles. The zero-order chi connectivity index (χ0) is 14.5. The summed E-state index contributed by atoms with van der Waals surface area (Å²) in [6.45, 7) is 3.91. The SMILES string of the molecule is CC(N)Cc1cc(Br)ccc1N(C)CC1CCCCO1. The molecule has 4 heteroatoms. The van der Waals surface area contributed by atoms with Crippen LogP contribution in [-0.4, -0.2) is 32.3 Å². The van der Waals surface area contributed by atoms with E-state index in [1.165, 1.54) is 30.5 Å². The van der Waals surface area contributed by atoms with Gasteiger partial charge in [0.05, 0.1) is 6.10 Å². The fraction of sp³-hybridized carbons (Fsp3) is 0.625. The molecule has 0 bridgehead atoms. The van der Waals surface area contributed by atoms with Gasteiger partial charge in [0.25, 0.3) is 0 Å². The maximum Gasteiger partial charge on any atom is 0.0749 e. The van der Waals surface area contributed by atoms with E-state index < -0.39 is 0 Å². The molecule has 1 fully saturated rings. The molecule has 0 radical (unpaired) electrons. The summed E-state index contributed by atoms with van der Waals surface area (Å²) in [4.78, 5) is 2.31. The molecule has 2 atom stereocenters. The Bertz CT molecular complexity index is 430. The quantitative estimate of drug-likeness (QED) is 0.893. The third-order valence-electron chi connectivity index (χ3n) is 3.75. The van der Waals surface area contributed by atoms with E-state index in [1.54, 1.807) is 0 Å². The Morgan fingerprint density at radius 1 is 1.45 bits per heavy atom. The highest BCUT2D eigenvalue weighted by Crippen LogP contribution is 2.26. The molecule has 3 nitrogen and oxygen atoms in total. The summed E-state index contributed by atoms with van der Waals surface area (Å²) in [5.41, 5.74) is 8.53. The van der Waals surface area contributed by atoms with Gasteiger partial charge in [-0.2, -0.15) is 0 Å². The fourth-order valence-corrected chi connectivity index (χ4v) is 3.20. The molecule has 0 amide bonds. The monoisotopic (exact) mass is 340 g/mol. The minimum Gasteiger partial charge on any atom is -0.376 e. The summed E-state index contributed by atoms with van der Waals surface area (Å²) in [6.07, 6.45) is 4.91. The minimum atomic E-state index is 0.169. The van der Waals surface area contributed by atoms with Crippen molar-refractivity contribution in [1.29, 1.82) is 0 Å². The van der Waals surface area contributed by atoms with Crippen LogP contribution in [0.2, 0.25) is 0 Å². The lowest BCUT2D eigenvalue weighted by molar-refractivity contribution is 0.0216. The van der Waals surface area contributed by atoms with Crippen LogP contribution in [0.4, 0.5) is 5.69 Å². The summed E-state index contributed by atoms with van der Waals surface area (Å²) < 4.78 is 6.95. The second kappa shape index (κ2) is 7.43.